The molecule has 3 rings (SSSR count). The molecule has 0 radical (unpaired) electrons. The van der Waals surface area contributed by atoms with Crippen molar-refractivity contribution in [1.82, 2.24) is 0 Å². The number of ether oxygens (including phenoxy) is 3. The van der Waals surface area contributed by atoms with Crippen molar-refractivity contribution in [2.45, 2.75) is 13.2 Å². The number of carbonyl (C=O) groups is 1. The maximum Gasteiger partial charge on any atom is 0.341 e. The Morgan fingerprint density at radius 2 is 1.69 bits per heavy atom. The van der Waals surface area contributed by atoms with Crippen LogP contribution in [0.25, 0.3) is 5.57 Å². The summed E-state index contributed by atoms with van der Waals surface area (Å²) in [5.41, 5.74) is 3.69. The number of oxime groups is 1. The number of carbonyl (C=O) groups excluding carboxylic acids is 1. The van der Waals surface area contributed by atoms with Gasteiger partial charge < -0.3 is 19.0 Å². The molecule has 0 fully saturated rings. The lowest BCUT2D eigenvalue weighted by molar-refractivity contribution is -0.133. The van der Waals surface area contributed by atoms with Crippen LogP contribution in [0.4, 0.5) is 0 Å². The van der Waals surface area contributed by atoms with E-state index in [1.165, 1.54) is 20.5 Å². The lowest BCUT2D eigenvalue weighted by Crippen LogP contribution is -2.07. The largest absolute Gasteiger partial charge is 0.503 e. The molecule has 6 nitrogen and oxygen atoms in total. The van der Waals surface area contributed by atoms with Crippen molar-refractivity contribution >= 4 is 17.8 Å². The molecule has 0 saturated heterocycles. The van der Waals surface area contributed by atoms with E-state index in [9.17, 15) is 4.79 Å². The highest BCUT2D eigenvalue weighted by molar-refractivity contribution is 6.16. The second-order valence-electron chi connectivity index (χ2n) is 6.77. The number of hydrogen-bond acceptors (Lipinski definition) is 6. The number of rotatable bonds is 10. The minimum atomic E-state index is -0.491. The summed E-state index contributed by atoms with van der Waals surface area (Å²) in [6, 6.07) is 24.9. The van der Waals surface area contributed by atoms with Crippen molar-refractivity contribution in [1.29, 1.82) is 0 Å². The Balaban J connectivity index is 1.62. The molecule has 3 aromatic carbocycles. The van der Waals surface area contributed by atoms with E-state index < -0.39 is 5.97 Å². The molecule has 0 saturated carbocycles. The van der Waals surface area contributed by atoms with Crippen molar-refractivity contribution in [3.05, 3.63) is 107 Å². The monoisotopic (exact) mass is 431 g/mol. The summed E-state index contributed by atoms with van der Waals surface area (Å²) >= 11 is 0. The van der Waals surface area contributed by atoms with Crippen LogP contribution in [0.2, 0.25) is 0 Å². The van der Waals surface area contributed by atoms with Gasteiger partial charge in [-0.25, -0.2) is 4.79 Å². The van der Waals surface area contributed by atoms with E-state index in [4.69, 9.17) is 19.0 Å². The van der Waals surface area contributed by atoms with E-state index in [1.807, 2.05) is 72.8 Å². The first-order valence-corrected chi connectivity index (χ1v) is 10.0. The molecule has 0 N–H and O–H groups in total. The minimum absolute atomic E-state index is 0.176. The third kappa shape index (κ3) is 6.47. The first-order valence-electron chi connectivity index (χ1n) is 10.0. The van der Waals surface area contributed by atoms with E-state index in [-0.39, 0.29) is 6.61 Å². The predicted octanol–water partition coefficient (Wildman–Crippen LogP) is 4.98. The number of nitrogens with zero attached hydrogens (tertiary/aromatic N) is 1. The molecule has 6 heteroatoms. The van der Waals surface area contributed by atoms with Crippen LogP contribution in [-0.2, 0) is 32.3 Å². The third-order valence-electron chi connectivity index (χ3n) is 4.55. The Labute approximate surface area is 187 Å². The zero-order valence-corrected chi connectivity index (χ0v) is 18.1. The molecule has 164 valence electrons. The van der Waals surface area contributed by atoms with Gasteiger partial charge >= 0.3 is 5.97 Å². The van der Waals surface area contributed by atoms with Gasteiger partial charge in [-0.2, -0.15) is 0 Å². The van der Waals surface area contributed by atoms with Gasteiger partial charge in [-0.3, -0.25) is 0 Å². The molecule has 0 spiro atoms. The van der Waals surface area contributed by atoms with Crippen molar-refractivity contribution in [3.8, 4) is 5.75 Å². The minimum Gasteiger partial charge on any atom is -0.503 e. The molecule has 0 amide bonds. The van der Waals surface area contributed by atoms with Crippen LogP contribution >= 0.6 is 0 Å². The molecule has 0 heterocycles. The van der Waals surface area contributed by atoms with Crippen LogP contribution in [-0.4, -0.2) is 26.4 Å². The van der Waals surface area contributed by atoms with Gasteiger partial charge in [0.2, 0.25) is 0 Å². The Kier molecular flexibility index (Phi) is 8.45. The smallest absolute Gasteiger partial charge is 0.341 e. The van der Waals surface area contributed by atoms with Crippen molar-refractivity contribution < 1.29 is 23.8 Å². The van der Waals surface area contributed by atoms with Crippen LogP contribution in [0.5, 0.6) is 5.75 Å². The first-order chi connectivity index (χ1) is 15.7. The lowest BCUT2D eigenvalue weighted by Gasteiger charge is -2.10. The highest BCUT2D eigenvalue weighted by atomic mass is 16.6. The Morgan fingerprint density at radius 1 is 0.906 bits per heavy atom. The average Bonchev–Trinajstić information content (AvgIpc) is 2.85. The third-order valence-corrected chi connectivity index (χ3v) is 4.55. The maximum atomic E-state index is 12.1. The van der Waals surface area contributed by atoms with E-state index in [1.54, 1.807) is 12.3 Å². The van der Waals surface area contributed by atoms with Crippen LogP contribution in [0.3, 0.4) is 0 Å². The van der Waals surface area contributed by atoms with E-state index in [2.05, 4.69) is 5.16 Å². The summed E-state index contributed by atoms with van der Waals surface area (Å²) in [7, 11) is 2.80. The molecular formula is C26H25NO5. The van der Waals surface area contributed by atoms with E-state index >= 15 is 0 Å². The quantitative estimate of drug-likeness (QED) is 0.149. The fourth-order valence-corrected chi connectivity index (χ4v) is 2.99. The fourth-order valence-electron chi connectivity index (χ4n) is 2.99. The van der Waals surface area contributed by atoms with Gasteiger partial charge in [0.15, 0.2) is 0 Å². The fraction of sp³-hybridized carbons (Fsp3) is 0.154. The zero-order valence-electron chi connectivity index (χ0n) is 18.1. The van der Waals surface area contributed by atoms with E-state index in [0.717, 1.165) is 22.4 Å². The second-order valence-corrected chi connectivity index (χ2v) is 6.77. The Hall–Kier alpha value is -4.06. The van der Waals surface area contributed by atoms with Gasteiger partial charge in [0.05, 0.1) is 26.7 Å². The highest BCUT2D eigenvalue weighted by Gasteiger charge is 2.16. The molecule has 0 atom stereocenters. The number of hydrogen-bond donors (Lipinski definition) is 0. The standard InChI is InChI=1S/C26H25NO5/c1-29-19-25(26(28)30-2)24-14-7-6-12-22(24)18-32-27-16-21-11-8-13-23(15-21)31-17-20-9-4-3-5-10-20/h3-16,19H,17-18H2,1-2H3/b25-19+,27-16+. The van der Waals surface area contributed by atoms with E-state index in [0.29, 0.717) is 17.7 Å². The summed E-state index contributed by atoms with van der Waals surface area (Å²) < 4.78 is 15.7. The molecule has 0 bridgehead atoms. The van der Waals surface area contributed by atoms with Crippen molar-refractivity contribution in [3.63, 3.8) is 0 Å². The first kappa shape index (κ1) is 22.6. The molecule has 0 unspecified atom stereocenters. The SMILES string of the molecule is CO/C=C(/C(=O)OC)c1ccccc1CO/N=C/c1cccc(OCc2ccccc2)c1. The Bertz CT molecular complexity index is 1080. The molecule has 32 heavy (non-hydrogen) atoms. The zero-order chi connectivity index (χ0) is 22.6. The Morgan fingerprint density at radius 3 is 2.47 bits per heavy atom. The van der Waals surface area contributed by atoms with Crippen LogP contribution in [0, 0.1) is 0 Å². The molecule has 3 aromatic rings. The molecule has 0 aliphatic carbocycles. The van der Waals surface area contributed by atoms with Crippen LogP contribution < -0.4 is 4.74 Å². The maximum absolute atomic E-state index is 12.1. The van der Waals surface area contributed by atoms with Gasteiger partial charge in [0, 0.05) is 5.56 Å². The summed E-state index contributed by atoms with van der Waals surface area (Å²) in [5.74, 6) is 0.255. The normalized spacial score (nSPS) is 11.2. The number of esters is 1. The molecule has 0 aromatic heterocycles. The van der Waals surface area contributed by atoms with Crippen LogP contribution in [0.1, 0.15) is 22.3 Å². The topological polar surface area (TPSA) is 66.4 Å². The number of methoxy groups -OCH3 is 2. The van der Waals surface area contributed by atoms with Gasteiger partial charge in [-0.15, -0.1) is 0 Å². The van der Waals surface area contributed by atoms with Crippen molar-refractivity contribution in [2.24, 2.45) is 5.16 Å². The number of benzene rings is 3. The highest BCUT2D eigenvalue weighted by Crippen LogP contribution is 2.22. The molecule has 0 aliphatic rings. The van der Waals surface area contributed by atoms with Crippen molar-refractivity contribution in [2.75, 3.05) is 14.2 Å². The molecule has 0 aliphatic heterocycles. The second kappa shape index (κ2) is 12.0. The lowest BCUT2D eigenvalue weighted by atomic mass is 10.0. The van der Waals surface area contributed by atoms with Gasteiger partial charge in [0.25, 0.3) is 0 Å². The summed E-state index contributed by atoms with van der Waals surface area (Å²) in [6.45, 7) is 0.668. The summed E-state index contributed by atoms with van der Waals surface area (Å²) in [6.07, 6.45) is 2.97. The van der Waals surface area contributed by atoms with Crippen LogP contribution in [0.15, 0.2) is 90.3 Å². The van der Waals surface area contributed by atoms with Gasteiger partial charge in [-0.05, 0) is 28.8 Å². The van der Waals surface area contributed by atoms with Gasteiger partial charge in [0.1, 0.15) is 24.5 Å². The predicted molar refractivity (Wildman–Crippen MR) is 123 cm³/mol. The average molecular weight is 431 g/mol. The molecular weight excluding hydrogens is 406 g/mol. The van der Waals surface area contributed by atoms with Gasteiger partial charge in [-0.1, -0.05) is 71.9 Å². The summed E-state index contributed by atoms with van der Waals surface area (Å²) in [5, 5.41) is 4.06. The summed E-state index contributed by atoms with van der Waals surface area (Å²) in [4.78, 5) is 17.6.